The Morgan fingerprint density at radius 3 is 2.48 bits per heavy atom. The second kappa shape index (κ2) is 7.02. The lowest BCUT2D eigenvalue weighted by Gasteiger charge is -2.22. The Labute approximate surface area is 147 Å². The first-order valence-corrected chi connectivity index (χ1v) is 8.93. The molecule has 0 radical (unpaired) electrons. The lowest BCUT2D eigenvalue weighted by Crippen LogP contribution is -2.28. The number of aromatic nitrogens is 1. The molecule has 2 aromatic rings. The highest BCUT2D eigenvalue weighted by molar-refractivity contribution is 5.27. The highest BCUT2D eigenvalue weighted by Crippen LogP contribution is 2.40. The molecule has 2 heterocycles. The summed E-state index contributed by atoms with van der Waals surface area (Å²) in [6, 6.07) is 10.7. The van der Waals surface area contributed by atoms with Gasteiger partial charge in [-0.05, 0) is 54.5 Å². The molecule has 1 saturated carbocycles. The molecule has 1 aromatic heterocycles. The lowest BCUT2D eigenvalue weighted by molar-refractivity contribution is 0.116. The number of likely N-dealkylation sites (tertiary alicyclic amines) is 1. The first-order valence-electron chi connectivity index (χ1n) is 8.93. The quantitative estimate of drug-likeness (QED) is 0.876. The van der Waals surface area contributed by atoms with Crippen molar-refractivity contribution < 1.29 is 14.9 Å². The van der Waals surface area contributed by atoms with Gasteiger partial charge < -0.3 is 14.9 Å². The van der Waals surface area contributed by atoms with E-state index in [-0.39, 0.29) is 11.9 Å². The van der Waals surface area contributed by atoms with Crippen molar-refractivity contribution in [1.29, 1.82) is 0 Å². The van der Waals surface area contributed by atoms with Gasteiger partial charge in [-0.15, -0.1) is 0 Å². The van der Waals surface area contributed by atoms with Crippen LogP contribution in [0, 0.1) is 11.8 Å². The molecule has 5 heteroatoms. The molecule has 25 heavy (non-hydrogen) atoms. The average molecular weight is 340 g/mol. The van der Waals surface area contributed by atoms with Gasteiger partial charge in [0.25, 0.3) is 0 Å². The number of β-amino-alcohol motifs (C(OH)–C–C–N with tert-alkyl or cyclic N) is 1. The fraction of sp³-hybridized carbons (Fsp3) is 0.450. The number of hydrogen-bond acceptors (Lipinski definition) is 5. The smallest absolute Gasteiger partial charge is 0.137 e. The predicted octanol–water partition coefficient (Wildman–Crippen LogP) is 2.61. The van der Waals surface area contributed by atoms with E-state index in [2.05, 4.69) is 9.88 Å². The van der Waals surface area contributed by atoms with Crippen LogP contribution in [0.3, 0.4) is 0 Å². The largest absolute Gasteiger partial charge is 0.508 e. The zero-order chi connectivity index (χ0) is 17.2. The number of pyridine rings is 1. The van der Waals surface area contributed by atoms with Crippen LogP contribution in [0.2, 0.25) is 0 Å². The van der Waals surface area contributed by atoms with Crippen LogP contribution in [0.25, 0.3) is 0 Å². The van der Waals surface area contributed by atoms with Crippen LogP contribution < -0.4 is 4.74 Å². The van der Waals surface area contributed by atoms with Crippen LogP contribution >= 0.6 is 0 Å². The van der Waals surface area contributed by atoms with E-state index in [1.165, 1.54) is 0 Å². The third-order valence-electron chi connectivity index (χ3n) is 5.43. The molecule has 2 fully saturated rings. The summed E-state index contributed by atoms with van der Waals surface area (Å²) in [5.74, 6) is 2.38. The van der Waals surface area contributed by atoms with Gasteiger partial charge in [-0.1, -0.05) is 12.1 Å². The first-order chi connectivity index (χ1) is 12.2. The zero-order valence-corrected chi connectivity index (χ0v) is 14.2. The zero-order valence-electron chi connectivity index (χ0n) is 14.2. The number of fused-ring (bicyclic) bond motifs is 1. The number of aliphatic hydroxyl groups is 1. The highest BCUT2D eigenvalue weighted by Gasteiger charge is 2.42. The second-order valence-electron chi connectivity index (χ2n) is 7.25. The lowest BCUT2D eigenvalue weighted by atomic mass is 10.0. The molecule has 2 N–H and O–H groups in total. The van der Waals surface area contributed by atoms with Crippen molar-refractivity contribution in [2.75, 3.05) is 19.6 Å². The minimum atomic E-state index is -0.512. The number of aliphatic hydroxyl groups excluding tert-OH is 1. The van der Waals surface area contributed by atoms with E-state index in [0.29, 0.717) is 18.4 Å². The van der Waals surface area contributed by atoms with Crippen LogP contribution in [-0.2, 0) is 0 Å². The van der Waals surface area contributed by atoms with Crippen molar-refractivity contribution in [3.8, 4) is 11.5 Å². The number of phenols is 1. The van der Waals surface area contributed by atoms with Gasteiger partial charge in [-0.2, -0.15) is 0 Å². The molecule has 1 aliphatic carbocycles. The molecular weight excluding hydrogens is 316 g/mol. The third kappa shape index (κ3) is 3.78. The fourth-order valence-corrected chi connectivity index (χ4v) is 4.24. The number of hydrogen-bond donors (Lipinski definition) is 2. The fourth-order valence-electron chi connectivity index (χ4n) is 4.24. The summed E-state index contributed by atoms with van der Waals surface area (Å²) in [5, 5.41) is 19.8. The standard InChI is InChI=1S/C20H24N2O3/c23-17-5-3-14(4-6-17)20(24)13-22-11-15-8-19(9-16(15)12-22)25-18-2-1-7-21-10-18/h1-7,10,15-16,19-20,23-24H,8-9,11-13H2/t15-,16+,19+,20?. The summed E-state index contributed by atoms with van der Waals surface area (Å²) in [6.07, 6.45) is 5.45. The predicted molar refractivity (Wildman–Crippen MR) is 94.4 cm³/mol. The average Bonchev–Trinajstić information content (AvgIpc) is 3.14. The van der Waals surface area contributed by atoms with Gasteiger partial charge in [0.05, 0.1) is 18.4 Å². The molecule has 1 saturated heterocycles. The molecule has 132 valence electrons. The van der Waals surface area contributed by atoms with E-state index < -0.39 is 6.10 Å². The summed E-state index contributed by atoms with van der Waals surface area (Å²) in [7, 11) is 0. The normalized spacial score (nSPS) is 27.2. The Balaban J connectivity index is 1.28. The third-order valence-corrected chi connectivity index (χ3v) is 5.43. The van der Waals surface area contributed by atoms with E-state index in [1.54, 1.807) is 36.7 Å². The minimum Gasteiger partial charge on any atom is -0.508 e. The minimum absolute atomic E-state index is 0.228. The number of benzene rings is 1. The Morgan fingerprint density at radius 1 is 1.12 bits per heavy atom. The summed E-state index contributed by atoms with van der Waals surface area (Å²) in [6.45, 7) is 2.69. The first kappa shape index (κ1) is 16.4. The maximum atomic E-state index is 10.4. The maximum absolute atomic E-state index is 10.4. The Kier molecular flexibility index (Phi) is 4.59. The van der Waals surface area contributed by atoms with Crippen LogP contribution in [0.1, 0.15) is 24.5 Å². The molecule has 0 amide bonds. The van der Waals surface area contributed by atoms with E-state index in [4.69, 9.17) is 4.74 Å². The number of phenolic OH excluding ortho intramolecular Hbond substituents is 1. The second-order valence-corrected chi connectivity index (χ2v) is 7.25. The SMILES string of the molecule is Oc1ccc(C(O)CN2C[C@H]3C[C@H](Oc4cccnc4)C[C@H]3C2)cc1. The van der Waals surface area contributed by atoms with Crippen molar-refractivity contribution in [2.45, 2.75) is 25.0 Å². The summed E-state index contributed by atoms with van der Waals surface area (Å²) >= 11 is 0. The topological polar surface area (TPSA) is 65.8 Å². The monoisotopic (exact) mass is 340 g/mol. The molecular formula is C20H24N2O3. The summed E-state index contributed by atoms with van der Waals surface area (Å²) in [4.78, 5) is 6.46. The van der Waals surface area contributed by atoms with Crippen molar-refractivity contribution in [2.24, 2.45) is 11.8 Å². The van der Waals surface area contributed by atoms with Gasteiger partial charge in [0.2, 0.25) is 0 Å². The Morgan fingerprint density at radius 2 is 1.84 bits per heavy atom. The molecule has 4 rings (SSSR count). The molecule has 2 aliphatic rings. The summed E-state index contributed by atoms with van der Waals surface area (Å²) in [5.41, 5.74) is 0.854. The number of ether oxygens (including phenoxy) is 1. The van der Waals surface area contributed by atoms with Crippen LogP contribution in [0.4, 0.5) is 0 Å². The molecule has 4 atom stereocenters. The van der Waals surface area contributed by atoms with Gasteiger partial charge in [0.1, 0.15) is 11.5 Å². The van der Waals surface area contributed by atoms with Crippen LogP contribution in [-0.4, -0.2) is 45.8 Å². The number of aromatic hydroxyl groups is 1. The van der Waals surface area contributed by atoms with E-state index in [0.717, 1.165) is 37.2 Å². The molecule has 1 aromatic carbocycles. The molecule has 0 bridgehead atoms. The van der Waals surface area contributed by atoms with Gasteiger partial charge in [0.15, 0.2) is 0 Å². The van der Waals surface area contributed by atoms with Crippen molar-refractivity contribution in [1.82, 2.24) is 9.88 Å². The van der Waals surface area contributed by atoms with Crippen LogP contribution in [0.15, 0.2) is 48.8 Å². The van der Waals surface area contributed by atoms with Crippen molar-refractivity contribution >= 4 is 0 Å². The molecule has 1 aliphatic heterocycles. The molecule has 1 unspecified atom stereocenters. The van der Waals surface area contributed by atoms with E-state index in [9.17, 15) is 10.2 Å². The van der Waals surface area contributed by atoms with E-state index in [1.807, 2.05) is 12.1 Å². The van der Waals surface area contributed by atoms with Gasteiger partial charge in [-0.25, -0.2) is 0 Å². The molecule has 5 nitrogen and oxygen atoms in total. The summed E-state index contributed by atoms with van der Waals surface area (Å²) < 4.78 is 6.05. The van der Waals surface area contributed by atoms with Crippen molar-refractivity contribution in [3.05, 3.63) is 54.4 Å². The van der Waals surface area contributed by atoms with Gasteiger partial charge >= 0.3 is 0 Å². The number of rotatable bonds is 5. The van der Waals surface area contributed by atoms with E-state index >= 15 is 0 Å². The van der Waals surface area contributed by atoms with Crippen molar-refractivity contribution in [3.63, 3.8) is 0 Å². The highest BCUT2D eigenvalue weighted by atomic mass is 16.5. The maximum Gasteiger partial charge on any atom is 0.137 e. The Bertz CT molecular complexity index is 678. The Hall–Kier alpha value is -2.11. The van der Waals surface area contributed by atoms with Crippen LogP contribution in [0.5, 0.6) is 11.5 Å². The molecule has 0 spiro atoms. The van der Waals surface area contributed by atoms with Gasteiger partial charge in [0, 0.05) is 25.8 Å². The van der Waals surface area contributed by atoms with Gasteiger partial charge in [-0.3, -0.25) is 9.88 Å². The number of nitrogens with zero attached hydrogens (tertiary/aromatic N) is 2.